The number of carboxylic acid groups (broad SMARTS) is 1. The van der Waals surface area contributed by atoms with E-state index >= 15 is 0 Å². The van der Waals surface area contributed by atoms with Crippen LogP contribution in [0.5, 0.6) is 0 Å². The van der Waals surface area contributed by atoms with Crippen LogP contribution in [0.15, 0.2) is 12.7 Å². The Morgan fingerprint density at radius 1 is 1.05 bits per heavy atom. The van der Waals surface area contributed by atoms with Gasteiger partial charge in [-0.2, -0.15) is 0 Å². The summed E-state index contributed by atoms with van der Waals surface area (Å²) in [5.41, 5.74) is 0. The lowest BCUT2D eigenvalue weighted by atomic mass is 9.67. The van der Waals surface area contributed by atoms with Crippen molar-refractivity contribution in [1.29, 1.82) is 0 Å². The zero-order chi connectivity index (χ0) is 13.8. The summed E-state index contributed by atoms with van der Waals surface area (Å²) in [7, 11) is 0. The maximum Gasteiger partial charge on any atom is 0.310 e. The molecule has 2 fully saturated rings. The van der Waals surface area contributed by atoms with E-state index < -0.39 is 5.97 Å². The lowest BCUT2D eigenvalue weighted by Crippen LogP contribution is -2.30. The Labute approximate surface area is 117 Å². The molecule has 0 amide bonds. The van der Waals surface area contributed by atoms with E-state index in [4.69, 9.17) is 0 Å². The van der Waals surface area contributed by atoms with Crippen molar-refractivity contribution in [2.45, 2.75) is 58.3 Å². The van der Waals surface area contributed by atoms with E-state index in [1.165, 1.54) is 38.5 Å². The van der Waals surface area contributed by atoms with E-state index in [9.17, 15) is 9.90 Å². The van der Waals surface area contributed by atoms with Crippen LogP contribution < -0.4 is 0 Å². The molecule has 0 spiro atoms. The normalized spacial score (nSPS) is 37.5. The van der Waals surface area contributed by atoms with Crippen molar-refractivity contribution in [2.24, 2.45) is 29.6 Å². The van der Waals surface area contributed by atoms with Gasteiger partial charge in [-0.05, 0) is 62.2 Å². The van der Waals surface area contributed by atoms with Gasteiger partial charge < -0.3 is 5.11 Å². The second kappa shape index (κ2) is 6.58. The van der Waals surface area contributed by atoms with Gasteiger partial charge >= 0.3 is 5.97 Å². The highest BCUT2D eigenvalue weighted by atomic mass is 16.4. The van der Waals surface area contributed by atoms with E-state index in [2.05, 4.69) is 13.5 Å². The van der Waals surface area contributed by atoms with Gasteiger partial charge in [0.15, 0.2) is 0 Å². The van der Waals surface area contributed by atoms with Crippen molar-refractivity contribution in [3.8, 4) is 0 Å². The molecule has 0 aliphatic heterocycles. The molecule has 0 aromatic rings. The van der Waals surface area contributed by atoms with Crippen LogP contribution in [0.3, 0.4) is 0 Å². The summed E-state index contributed by atoms with van der Waals surface area (Å²) in [6.07, 6.45) is 11.9. The van der Waals surface area contributed by atoms with E-state index in [1.54, 1.807) is 6.08 Å². The van der Waals surface area contributed by atoms with E-state index in [0.717, 1.165) is 30.6 Å². The zero-order valence-electron chi connectivity index (χ0n) is 12.2. The lowest BCUT2D eigenvalue weighted by Gasteiger charge is -2.38. The van der Waals surface area contributed by atoms with Crippen LogP contribution in [-0.4, -0.2) is 11.1 Å². The molecule has 108 valence electrons. The topological polar surface area (TPSA) is 37.3 Å². The summed E-state index contributed by atoms with van der Waals surface area (Å²) in [6, 6.07) is 0. The molecule has 0 saturated heterocycles. The fraction of sp³-hybridized carbons (Fsp3) is 0.824. The second-order valence-corrected chi connectivity index (χ2v) is 6.79. The summed E-state index contributed by atoms with van der Waals surface area (Å²) in [5, 5.41) is 9.20. The monoisotopic (exact) mass is 264 g/mol. The van der Waals surface area contributed by atoms with Crippen molar-refractivity contribution in [3.63, 3.8) is 0 Å². The van der Waals surface area contributed by atoms with E-state index in [1.807, 2.05) is 0 Å². The van der Waals surface area contributed by atoms with Gasteiger partial charge in [0.05, 0.1) is 5.92 Å². The van der Waals surface area contributed by atoms with Crippen LogP contribution in [0.25, 0.3) is 0 Å². The van der Waals surface area contributed by atoms with Crippen LogP contribution in [0.1, 0.15) is 58.3 Å². The highest BCUT2D eigenvalue weighted by Gasteiger charge is 2.33. The molecular formula is C17H28O2. The fourth-order valence-electron chi connectivity index (χ4n) is 4.23. The number of hydrogen-bond donors (Lipinski definition) is 1. The molecule has 1 atom stereocenters. The number of aliphatic carboxylic acids is 1. The third kappa shape index (κ3) is 3.61. The highest BCUT2D eigenvalue weighted by molar-refractivity contribution is 5.72. The maximum absolute atomic E-state index is 11.2. The lowest BCUT2D eigenvalue weighted by molar-refractivity contribution is -0.142. The summed E-state index contributed by atoms with van der Waals surface area (Å²) >= 11 is 0. The van der Waals surface area contributed by atoms with Crippen molar-refractivity contribution in [2.75, 3.05) is 0 Å². The quantitative estimate of drug-likeness (QED) is 0.759. The van der Waals surface area contributed by atoms with Crippen molar-refractivity contribution < 1.29 is 9.90 Å². The van der Waals surface area contributed by atoms with Crippen molar-refractivity contribution >= 4 is 5.97 Å². The SMILES string of the molecule is C=CC(C(=O)O)C1CCC(C2CCC(C)CC2)CC1. The second-order valence-electron chi connectivity index (χ2n) is 6.79. The first-order valence-electron chi connectivity index (χ1n) is 7.97. The van der Waals surface area contributed by atoms with Crippen molar-refractivity contribution in [1.82, 2.24) is 0 Å². The molecule has 2 saturated carbocycles. The van der Waals surface area contributed by atoms with Gasteiger partial charge in [0.1, 0.15) is 0 Å². The number of carboxylic acids is 1. The molecule has 2 rings (SSSR count). The van der Waals surface area contributed by atoms with Crippen LogP contribution in [0, 0.1) is 29.6 Å². The molecule has 1 unspecified atom stereocenters. The standard InChI is InChI=1S/C17H28O2/c1-3-16(17(18)19)15-10-8-14(9-11-15)13-6-4-12(2)5-7-13/h3,12-16H,1,4-11H2,2H3,(H,18,19). The first-order valence-corrected chi connectivity index (χ1v) is 7.97. The molecule has 1 N–H and O–H groups in total. The third-order valence-electron chi connectivity index (χ3n) is 5.59. The Kier molecular flexibility index (Phi) is 5.06. The van der Waals surface area contributed by atoms with Gasteiger partial charge in [-0.3, -0.25) is 4.79 Å². The molecule has 0 heterocycles. The van der Waals surface area contributed by atoms with Gasteiger partial charge in [0, 0.05) is 0 Å². The van der Waals surface area contributed by atoms with Gasteiger partial charge in [0.2, 0.25) is 0 Å². The minimum absolute atomic E-state index is 0.327. The minimum atomic E-state index is -0.690. The first-order chi connectivity index (χ1) is 9.11. The van der Waals surface area contributed by atoms with Crippen LogP contribution in [0.4, 0.5) is 0 Å². The van der Waals surface area contributed by atoms with Gasteiger partial charge in [0.25, 0.3) is 0 Å². The Morgan fingerprint density at radius 2 is 1.53 bits per heavy atom. The van der Waals surface area contributed by atoms with Gasteiger partial charge in [-0.15, -0.1) is 6.58 Å². The largest absolute Gasteiger partial charge is 0.481 e. The van der Waals surface area contributed by atoms with E-state index in [-0.39, 0.29) is 5.92 Å². The Bertz CT molecular complexity index is 307. The Balaban J connectivity index is 1.82. The number of rotatable bonds is 4. The Morgan fingerprint density at radius 3 is 1.95 bits per heavy atom. The highest BCUT2D eigenvalue weighted by Crippen LogP contribution is 2.42. The first kappa shape index (κ1) is 14.6. The molecule has 2 heteroatoms. The summed E-state index contributed by atoms with van der Waals surface area (Å²) < 4.78 is 0. The smallest absolute Gasteiger partial charge is 0.310 e. The Hall–Kier alpha value is -0.790. The summed E-state index contributed by atoms with van der Waals surface area (Å²) in [6.45, 7) is 6.06. The molecule has 0 radical (unpaired) electrons. The van der Waals surface area contributed by atoms with Crippen molar-refractivity contribution in [3.05, 3.63) is 12.7 Å². The molecule has 0 bridgehead atoms. The third-order valence-corrected chi connectivity index (χ3v) is 5.59. The molecule has 0 aromatic carbocycles. The van der Waals surface area contributed by atoms with E-state index in [0.29, 0.717) is 5.92 Å². The molecule has 19 heavy (non-hydrogen) atoms. The molecular weight excluding hydrogens is 236 g/mol. The van der Waals surface area contributed by atoms with Gasteiger partial charge in [-0.25, -0.2) is 0 Å². The average molecular weight is 264 g/mol. The van der Waals surface area contributed by atoms with Gasteiger partial charge in [-0.1, -0.05) is 25.8 Å². The zero-order valence-corrected chi connectivity index (χ0v) is 12.2. The maximum atomic E-state index is 11.2. The fourth-order valence-corrected chi connectivity index (χ4v) is 4.23. The summed E-state index contributed by atoms with van der Waals surface area (Å²) in [4.78, 5) is 11.2. The predicted molar refractivity (Wildman–Crippen MR) is 77.9 cm³/mol. The number of hydrogen-bond acceptors (Lipinski definition) is 1. The molecule has 0 aromatic heterocycles. The minimum Gasteiger partial charge on any atom is -0.481 e. The molecule has 2 nitrogen and oxygen atoms in total. The average Bonchev–Trinajstić information content (AvgIpc) is 2.41. The van der Waals surface area contributed by atoms with Crippen LogP contribution >= 0.6 is 0 Å². The number of carbonyl (C=O) groups is 1. The molecule has 2 aliphatic carbocycles. The van der Waals surface area contributed by atoms with Crippen LogP contribution in [0.2, 0.25) is 0 Å². The summed E-state index contributed by atoms with van der Waals surface area (Å²) in [5.74, 6) is 2.02. The van der Waals surface area contributed by atoms with Crippen LogP contribution in [-0.2, 0) is 4.79 Å². The predicted octanol–water partition coefficient (Wildman–Crippen LogP) is 4.51. The molecule has 2 aliphatic rings.